The lowest BCUT2D eigenvalue weighted by Gasteiger charge is -2.36. The average molecular weight is 452 g/mol. The molecule has 2 saturated heterocycles. The van der Waals surface area contributed by atoms with Crippen LogP contribution in [0.4, 0.5) is 10.1 Å². The van der Waals surface area contributed by atoms with E-state index in [1.54, 1.807) is 12.1 Å². The number of fused-ring (bicyclic) bond motifs is 1. The van der Waals surface area contributed by atoms with Crippen molar-refractivity contribution in [3.63, 3.8) is 0 Å². The topological polar surface area (TPSA) is 36.0 Å². The zero-order valence-electron chi connectivity index (χ0n) is 19.3. The molecule has 2 unspecified atom stereocenters. The van der Waals surface area contributed by atoms with E-state index in [-0.39, 0.29) is 11.7 Å². The lowest BCUT2D eigenvalue weighted by Crippen LogP contribution is -2.48. The van der Waals surface area contributed by atoms with Crippen molar-refractivity contribution in [1.82, 2.24) is 9.80 Å². The molecule has 33 heavy (non-hydrogen) atoms. The van der Waals surface area contributed by atoms with Crippen LogP contribution in [0.3, 0.4) is 0 Å². The van der Waals surface area contributed by atoms with Gasteiger partial charge >= 0.3 is 0 Å². The van der Waals surface area contributed by atoms with Crippen LogP contribution in [0.25, 0.3) is 0 Å². The normalized spacial score (nSPS) is 23.1. The zero-order valence-corrected chi connectivity index (χ0v) is 19.3. The maximum atomic E-state index is 13.1. The summed E-state index contributed by atoms with van der Waals surface area (Å²) in [6, 6.07) is 14.1. The number of benzene rings is 2. The fourth-order valence-corrected chi connectivity index (χ4v) is 5.69. The third-order valence-electron chi connectivity index (χ3n) is 7.55. The third kappa shape index (κ3) is 5.32. The number of nitrogens with zero attached hydrogens (tertiary/aromatic N) is 3. The Balaban J connectivity index is 1.04. The fraction of sp³-hybridized carbons (Fsp3) is 0.519. The monoisotopic (exact) mass is 451 g/mol. The molecule has 2 aromatic carbocycles. The Morgan fingerprint density at radius 1 is 0.909 bits per heavy atom. The summed E-state index contributed by atoms with van der Waals surface area (Å²) in [5.41, 5.74) is 1.69. The van der Waals surface area contributed by atoms with Gasteiger partial charge in [-0.1, -0.05) is 6.42 Å². The number of anilines is 1. The molecule has 3 fully saturated rings. The second-order valence-corrected chi connectivity index (χ2v) is 9.69. The molecule has 2 heterocycles. The van der Waals surface area contributed by atoms with E-state index in [0.717, 1.165) is 49.3 Å². The Labute approximate surface area is 196 Å². The molecule has 0 radical (unpaired) electrons. The van der Waals surface area contributed by atoms with Gasteiger partial charge < -0.3 is 19.4 Å². The predicted molar refractivity (Wildman–Crippen MR) is 128 cm³/mol. The van der Waals surface area contributed by atoms with Gasteiger partial charge in [0.05, 0.1) is 6.61 Å². The summed E-state index contributed by atoms with van der Waals surface area (Å²) in [4.78, 5) is 19.6. The van der Waals surface area contributed by atoms with Gasteiger partial charge in [0, 0.05) is 57.1 Å². The number of ether oxygens (including phenoxy) is 1. The molecule has 2 aromatic rings. The van der Waals surface area contributed by atoms with Crippen molar-refractivity contribution in [1.29, 1.82) is 0 Å². The Morgan fingerprint density at radius 3 is 2.24 bits per heavy atom. The van der Waals surface area contributed by atoms with Gasteiger partial charge in [-0.05, 0) is 79.6 Å². The number of rotatable bonds is 7. The molecule has 0 aromatic heterocycles. The first-order valence-electron chi connectivity index (χ1n) is 12.4. The van der Waals surface area contributed by atoms with Gasteiger partial charge in [-0.25, -0.2) is 4.39 Å². The van der Waals surface area contributed by atoms with Crippen LogP contribution in [0.5, 0.6) is 5.75 Å². The maximum Gasteiger partial charge on any atom is 0.253 e. The van der Waals surface area contributed by atoms with Gasteiger partial charge in [0.1, 0.15) is 11.6 Å². The highest BCUT2D eigenvalue weighted by atomic mass is 19.1. The number of hydrogen-bond donors (Lipinski definition) is 0. The maximum absolute atomic E-state index is 13.1. The van der Waals surface area contributed by atoms with E-state index in [9.17, 15) is 9.18 Å². The molecule has 1 saturated carbocycles. The van der Waals surface area contributed by atoms with Crippen LogP contribution in [-0.2, 0) is 0 Å². The molecule has 0 bridgehead atoms. The number of carbonyl (C=O) groups excluding carboxylic acids is 1. The Morgan fingerprint density at radius 2 is 1.58 bits per heavy atom. The standard InChI is InChI=1S/C27H34FN3O2/c28-24-7-9-25(10-8-24)30-14-16-31(17-15-30)27(32)21-5-11-26(12-6-21)33-18-2-13-29-19-22-3-1-4-23(22)20-29/h5-12,22-23H,1-4,13-20H2. The van der Waals surface area contributed by atoms with Crippen LogP contribution in [0.2, 0.25) is 0 Å². The fourth-order valence-electron chi connectivity index (χ4n) is 5.69. The Kier molecular flexibility index (Phi) is 6.81. The minimum Gasteiger partial charge on any atom is -0.494 e. The van der Waals surface area contributed by atoms with Crippen molar-refractivity contribution in [2.24, 2.45) is 11.8 Å². The van der Waals surface area contributed by atoms with Crippen molar-refractivity contribution in [2.45, 2.75) is 25.7 Å². The smallest absolute Gasteiger partial charge is 0.253 e. The van der Waals surface area contributed by atoms with E-state index in [1.807, 2.05) is 29.2 Å². The number of halogens is 1. The minimum atomic E-state index is -0.228. The van der Waals surface area contributed by atoms with Gasteiger partial charge in [0.25, 0.3) is 5.91 Å². The van der Waals surface area contributed by atoms with Crippen LogP contribution < -0.4 is 9.64 Å². The molecule has 3 aliphatic rings. The molecule has 1 amide bonds. The molecule has 5 nitrogen and oxygen atoms in total. The molecule has 2 atom stereocenters. The van der Waals surface area contributed by atoms with Gasteiger partial charge in [-0.2, -0.15) is 0 Å². The van der Waals surface area contributed by atoms with Crippen LogP contribution in [0, 0.1) is 17.7 Å². The molecule has 1 aliphatic carbocycles. The molecule has 5 rings (SSSR count). The van der Waals surface area contributed by atoms with Crippen molar-refractivity contribution >= 4 is 11.6 Å². The summed E-state index contributed by atoms with van der Waals surface area (Å²) in [6.45, 7) is 7.20. The van der Waals surface area contributed by atoms with Crippen molar-refractivity contribution in [2.75, 3.05) is 57.3 Å². The molecule has 2 aliphatic heterocycles. The van der Waals surface area contributed by atoms with E-state index in [2.05, 4.69) is 9.80 Å². The minimum absolute atomic E-state index is 0.0555. The number of likely N-dealkylation sites (tertiary alicyclic amines) is 1. The number of piperazine rings is 1. The van der Waals surface area contributed by atoms with E-state index in [1.165, 1.54) is 44.5 Å². The molecule has 176 valence electrons. The van der Waals surface area contributed by atoms with Crippen LogP contribution in [0.15, 0.2) is 48.5 Å². The average Bonchev–Trinajstić information content (AvgIpc) is 3.45. The largest absolute Gasteiger partial charge is 0.494 e. The van der Waals surface area contributed by atoms with Crippen molar-refractivity contribution in [3.05, 3.63) is 59.9 Å². The van der Waals surface area contributed by atoms with Crippen LogP contribution >= 0.6 is 0 Å². The number of amides is 1. The van der Waals surface area contributed by atoms with Crippen molar-refractivity contribution < 1.29 is 13.9 Å². The summed E-state index contributed by atoms with van der Waals surface area (Å²) in [7, 11) is 0. The first-order valence-corrected chi connectivity index (χ1v) is 12.4. The summed E-state index contributed by atoms with van der Waals surface area (Å²) >= 11 is 0. The lowest BCUT2D eigenvalue weighted by atomic mass is 10.0. The second-order valence-electron chi connectivity index (χ2n) is 9.69. The quantitative estimate of drug-likeness (QED) is 0.589. The SMILES string of the molecule is O=C(c1ccc(OCCCN2CC3CCCC3C2)cc1)N1CCN(c2ccc(F)cc2)CC1. The summed E-state index contributed by atoms with van der Waals surface area (Å²) in [5, 5.41) is 0. The molecule has 6 heteroatoms. The van der Waals surface area contributed by atoms with E-state index >= 15 is 0 Å². The molecule has 0 N–H and O–H groups in total. The van der Waals surface area contributed by atoms with Gasteiger partial charge in [0.2, 0.25) is 0 Å². The van der Waals surface area contributed by atoms with Crippen LogP contribution in [-0.4, -0.2) is 68.1 Å². The Bertz CT molecular complexity index is 913. The summed E-state index contributed by atoms with van der Waals surface area (Å²) in [6.07, 6.45) is 5.31. The highest BCUT2D eigenvalue weighted by Crippen LogP contribution is 2.37. The van der Waals surface area contributed by atoms with Gasteiger partial charge in [-0.15, -0.1) is 0 Å². The summed E-state index contributed by atoms with van der Waals surface area (Å²) < 4.78 is 19.1. The second kappa shape index (κ2) is 10.1. The van der Waals surface area contributed by atoms with E-state index in [4.69, 9.17) is 4.74 Å². The number of carbonyl (C=O) groups is 1. The zero-order chi connectivity index (χ0) is 22.6. The molecular weight excluding hydrogens is 417 g/mol. The summed E-state index contributed by atoms with van der Waals surface area (Å²) in [5.74, 6) is 2.54. The highest BCUT2D eigenvalue weighted by Gasteiger charge is 2.35. The number of hydrogen-bond acceptors (Lipinski definition) is 4. The molecule has 0 spiro atoms. The van der Waals surface area contributed by atoms with E-state index < -0.39 is 0 Å². The van der Waals surface area contributed by atoms with Gasteiger partial charge in [-0.3, -0.25) is 4.79 Å². The lowest BCUT2D eigenvalue weighted by molar-refractivity contribution is 0.0746. The predicted octanol–water partition coefficient (Wildman–Crippen LogP) is 4.29. The van der Waals surface area contributed by atoms with Crippen molar-refractivity contribution in [3.8, 4) is 5.75 Å². The van der Waals surface area contributed by atoms with Crippen LogP contribution in [0.1, 0.15) is 36.0 Å². The molecular formula is C27H34FN3O2. The third-order valence-corrected chi connectivity index (χ3v) is 7.55. The highest BCUT2D eigenvalue weighted by molar-refractivity contribution is 5.94. The first-order chi connectivity index (χ1) is 16.2. The van der Waals surface area contributed by atoms with E-state index in [0.29, 0.717) is 25.3 Å². The first kappa shape index (κ1) is 22.2. The Hall–Kier alpha value is -2.60. The van der Waals surface area contributed by atoms with Gasteiger partial charge in [0.15, 0.2) is 0 Å².